The standard InChI is InChI=1S/C13H17NO3/c1-9(15)8-13(16)14-10(2)11-6-4-5-7-12(11)17-3/h4-7,10H,8H2,1-3H3,(H,14,16). The van der Waals surface area contributed by atoms with E-state index in [-0.39, 0.29) is 24.2 Å². The van der Waals surface area contributed by atoms with Crippen molar-refractivity contribution in [1.82, 2.24) is 5.32 Å². The zero-order valence-corrected chi connectivity index (χ0v) is 10.3. The van der Waals surface area contributed by atoms with Gasteiger partial charge in [0.1, 0.15) is 11.5 Å². The van der Waals surface area contributed by atoms with Gasteiger partial charge >= 0.3 is 0 Å². The maximum atomic E-state index is 11.5. The molecule has 1 amide bonds. The van der Waals surface area contributed by atoms with Gasteiger partial charge in [0.05, 0.1) is 19.6 Å². The molecule has 1 aromatic rings. The summed E-state index contributed by atoms with van der Waals surface area (Å²) in [6, 6.07) is 7.29. The van der Waals surface area contributed by atoms with Crippen molar-refractivity contribution < 1.29 is 14.3 Å². The van der Waals surface area contributed by atoms with Crippen LogP contribution >= 0.6 is 0 Å². The van der Waals surface area contributed by atoms with Crippen LogP contribution in [0.5, 0.6) is 5.75 Å². The Labute approximate surface area is 101 Å². The van der Waals surface area contributed by atoms with Crippen molar-refractivity contribution in [3.63, 3.8) is 0 Å². The Hall–Kier alpha value is -1.84. The Morgan fingerprint density at radius 3 is 2.59 bits per heavy atom. The van der Waals surface area contributed by atoms with Crippen molar-refractivity contribution >= 4 is 11.7 Å². The number of hydrogen-bond donors (Lipinski definition) is 1. The molecule has 0 spiro atoms. The zero-order valence-electron chi connectivity index (χ0n) is 10.3. The number of Topliss-reactive ketones (excluding diaryl/α,β-unsaturated/α-hetero) is 1. The van der Waals surface area contributed by atoms with E-state index in [1.165, 1.54) is 6.92 Å². The average molecular weight is 235 g/mol. The molecule has 17 heavy (non-hydrogen) atoms. The normalized spacial score (nSPS) is 11.7. The van der Waals surface area contributed by atoms with E-state index in [2.05, 4.69) is 5.32 Å². The first-order valence-electron chi connectivity index (χ1n) is 5.46. The van der Waals surface area contributed by atoms with Crippen molar-refractivity contribution in [2.75, 3.05) is 7.11 Å². The van der Waals surface area contributed by atoms with Crippen molar-refractivity contribution in [3.8, 4) is 5.75 Å². The average Bonchev–Trinajstić information content (AvgIpc) is 2.27. The molecule has 0 heterocycles. The number of ketones is 1. The highest BCUT2D eigenvalue weighted by molar-refractivity contribution is 5.96. The van der Waals surface area contributed by atoms with E-state index in [0.29, 0.717) is 0 Å². The molecule has 1 atom stereocenters. The quantitative estimate of drug-likeness (QED) is 0.792. The molecule has 0 bridgehead atoms. The summed E-state index contributed by atoms with van der Waals surface area (Å²) in [6.07, 6.45) is -0.0838. The number of carbonyl (C=O) groups is 2. The molecular weight excluding hydrogens is 218 g/mol. The summed E-state index contributed by atoms with van der Waals surface area (Å²) in [7, 11) is 1.59. The molecule has 0 aliphatic heterocycles. The largest absolute Gasteiger partial charge is 0.496 e. The van der Waals surface area contributed by atoms with Crippen molar-refractivity contribution in [2.24, 2.45) is 0 Å². The first-order chi connectivity index (χ1) is 8.04. The molecule has 1 rings (SSSR count). The number of benzene rings is 1. The molecule has 0 saturated carbocycles. The van der Waals surface area contributed by atoms with Gasteiger partial charge < -0.3 is 10.1 Å². The van der Waals surface area contributed by atoms with Crippen LogP contribution in [0.2, 0.25) is 0 Å². The van der Waals surface area contributed by atoms with E-state index in [0.717, 1.165) is 11.3 Å². The van der Waals surface area contributed by atoms with Gasteiger partial charge in [0.2, 0.25) is 5.91 Å². The van der Waals surface area contributed by atoms with E-state index in [1.807, 2.05) is 31.2 Å². The van der Waals surface area contributed by atoms with Gasteiger partial charge in [-0.25, -0.2) is 0 Å². The molecule has 1 N–H and O–H groups in total. The fourth-order valence-corrected chi connectivity index (χ4v) is 1.62. The number of nitrogens with one attached hydrogen (secondary N) is 1. The Morgan fingerprint density at radius 1 is 1.35 bits per heavy atom. The molecule has 0 radical (unpaired) electrons. The highest BCUT2D eigenvalue weighted by Gasteiger charge is 2.14. The van der Waals surface area contributed by atoms with Gasteiger partial charge in [0.15, 0.2) is 0 Å². The SMILES string of the molecule is COc1ccccc1C(C)NC(=O)CC(C)=O. The predicted octanol–water partition coefficient (Wildman–Crippen LogP) is 1.85. The van der Waals surface area contributed by atoms with Crippen LogP contribution in [0.3, 0.4) is 0 Å². The Balaban J connectivity index is 2.72. The molecule has 1 unspecified atom stereocenters. The minimum absolute atomic E-state index is 0.0838. The maximum Gasteiger partial charge on any atom is 0.227 e. The summed E-state index contributed by atoms with van der Waals surface area (Å²) < 4.78 is 5.21. The van der Waals surface area contributed by atoms with Crippen LogP contribution in [0, 0.1) is 0 Å². The van der Waals surface area contributed by atoms with E-state index in [1.54, 1.807) is 7.11 Å². The lowest BCUT2D eigenvalue weighted by Crippen LogP contribution is -2.28. The second-order valence-electron chi connectivity index (χ2n) is 3.91. The lowest BCUT2D eigenvalue weighted by atomic mass is 10.1. The number of carbonyl (C=O) groups excluding carboxylic acids is 2. The number of amides is 1. The van der Waals surface area contributed by atoms with Crippen molar-refractivity contribution in [2.45, 2.75) is 26.3 Å². The van der Waals surface area contributed by atoms with E-state index in [4.69, 9.17) is 4.74 Å². The molecule has 92 valence electrons. The molecular formula is C13H17NO3. The summed E-state index contributed by atoms with van der Waals surface area (Å²) in [5, 5.41) is 2.76. The molecule has 4 heteroatoms. The fourth-order valence-electron chi connectivity index (χ4n) is 1.62. The fraction of sp³-hybridized carbons (Fsp3) is 0.385. The van der Waals surface area contributed by atoms with Gasteiger partial charge in [-0.1, -0.05) is 18.2 Å². The third-order valence-corrected chi connectivity index (χ3v) is 2.39. The minimum atomic E-state index is -0.268. The van der Waals surface area contributed by atoms with Crippen LogP contribution in [0.15, 0.2) is 24.3 Å². The summed E-state index contributed by atoms with van der Waals surface area (Å²) in [5.41, 5.74) is 0.895. The van der Waals surface area contributed by atoms with Gasteiger partial charge in [-0.2, -0.15) is 0 Å². The predicted molar refractivity (Wildman–Crippen MR) is 64.8 cm³/mol. The van der Waals surface area contributed by atoms with Gasteiger partial charge in [0, 0.05) is 5.56 Å². The van der Waals surface area contributed by atoms with Crippen LogP contribution < -0.4 is 10.1 Å². The molecule has 0 aliphatic rings. The number of para-hydroxylation sites is 1. The van der Waals surface area contributed by atoms with Crippen LogP contribution in [0.1, 0.15) is 31.9 Å². The summed E-state index contributed by atoms with van der Waals surface area (Å²) in [5.74, 6) is 0.314. The highest BCUT2D eigenvalue weighted by Crippen LogP contribution is 2.24. The van der Waals surface area contributed by atoms with Crippen LogP contribution in [0.25, 0.3) is 0 Å². The van der Waals surface area contributed by atoms with Gasteiger partial charge in [-0.15, -0.1) is 0 Å². The summed E-state index contributed by atoms with van der Waals surface area (Å²) in [4.78, 5) is 22.3. The monoisotopic (exact) mass is 235 g/mol. The summed E-state index contributed by atoms with van der Waals surface area (Å²) >= 11 is 0. The Bertz CT molecular complexity index is 415. The van der Waals surface area contributed by atoms with E-state index in [9.17, 15) is 9.59 Å². The molecule has 0 saturated heterocycles. The van der Waals surface area contributed by atoms with Gasteiger partial charge in [-0.3, -0.25) is 9.59 Å². The molecule has 0 aromatic heterocycles. The molecule has 1 aromatic carbocycles. The lowest BCUT2D eigenvalue weighted by molar-refractivity contribution is -0.127. The van der Waals surface area contributed by atoms with Crippen molar-refractivity contribution in [1.29, 1.82) is 0 Å². The zero-order chi connectivity index (χ0) is 12.8. The van der Waals surface area contributed by atoms with Crippen molar-refractivity contribution in [3.05, 3.63) is 29.8 Å². The second kappa shape index (κ2) is 6.03. The lowest BCUT2D eigenvalue weighted by Gasteiger charge is -2.16. The Morgan fingerprint density at radius 2 is 2.00 bits per heavy atom. The number of ether oxygens (including phenoxy) is 1. The molecule has 0 fully saturated rings. The summed E-state index contributed by atoms with van der Waals surface area (Å²) in [6.45, 7) is 3.25. The first-order valence-corrected chi connectivity index (χ1v) is 5.46. The highest BCUT2D eigenvalue weighted by atomic mass is 16.5. The topological polar surface area (TPSA) is 55.4 Å². The smallest absolute Gasteiger partial charge is 0.227 e. The third-order valence-electron chi connectivity index (χ3n) is 2.39. The van der Waals surface area contributed by atoms with E-state index < -0.39 is 0 Å². The van der Waals surface area contributed by atoms with Gasteiger partial charge in [-0.05, 0) is 19.9 Å². The number of rotatable bonds is 5. The Kier molecular flexibility index (Phi) is 4.69. The molecule has 4 nitrogen and oxygen atoms in total. The second-order valence-corrected chi connectivity index (χ2v) is 3.91. The molecule has 0 aliphatic carbocycles. The van der Waals surface area contributed by atoms with Crippen LogP contribution in [0.4, 0.5) is 0 Å². The van der Waals surface area contributed by atoms with Crippen LogP contribution in [-0.2, 0) is 9.59 Å². The minimum Gasteiger partial charge on any atom is -0.496 e. The number of methoxy groups -OCH3 is 1. The number of hydrogen-bond acceptors (Lipinski definition) is 3. The van der Waals surface area contributed by atoms with Crippen LogP contribution in [-0.4, -0.2) is 18.8 Å². The van der Waals surface area contributed by atoms with E-state index >= 15 is 0 Å². The van der Waals surface area contributed by atoms with Gasteiger partial charge in [0.25, 0.3) is 0 Å². The first kappa shape index (κ1) is 13.2. The third kappa shape index (κ3) is 3.90. The maximum absolute atomic E-state index is 11.5.